The average Bonchev–Trinajstić information content (AvgIpc) is 2.75. The van der Waals surface area contributed by atoms with Gasteiger partial charge < -0.3 is 14.2 Å². The van der Waals surface area contributed by atoms with E-state index in [1.54, 1.807) is 6.07 Å². The Bertz CT molecular complexity index is 1000. The molecule has 2 aliphatic rings. The maximum atomic E-state index is 13.4. The maximum absolute atomic E-state index is 13.4. The van der Waals surface area contributed by atoms with E-state index in [1.807, 2.05) is 30.3 Å². The molecule has 1 saturated carbocycles. The molecule has 0 radical (unpaired) electrons. The summed E-state index contributed by atoms with van der Waals surface area (Å²) in [4.78, 5) is 42.4. The van der Waals surface area contributed by atoms with E-state index >= 15 is 0 Å². The number of hydrogen-bond acceptors (Lipinski definition) is 7. The molecule has 156 valence electrons. The van der Waals surface area contributed by atoms with Crippen LogP contribution in [0.3, 0.4) is 0 Å². The highest BCUT2D eigenvalue weighted by Crippen LogP contribution is 2.49. The lowest BCUT2D eigenvalue weighted by Crippen LogP contribution is -2.49. The zero-order valence-electron chi connectivity index (χ0n) is 17.1. The highest BCUT2D eigenvalue weighted by molar-refractivity contribution is 6.05. The minimum absolute atomic E-state index is 0.0469. The van der Waals surface area contributed by atoms with Crippen LogP contribution in [0.25, 0.3) is 11.3 Å². The summed E-state index contributed by atoms with van der Waals surface area (Å²) in [5.74, 6) is -1.54. The van der Waals surface area contributed by atoms with E-state index in [9.17, 15) is 14.4 Å². The molecule has 1 fully saturated rings. The summed E-state index contributed by atoms with van der Waals surface area (Å²) >= 11 is 0. The first-order valence-corrected chi connectivity index (χ1v) is 9.84. The maximum Gasteiger partial charge on any atom is 0.303 e. The van der Waals surface area contributed by atoms with Gasteiger partial charge in [0.05, 0.1) is 30.2 Å². The molecule has 4 rings (SSSR count). The van der Waals surface area contributed by atoms with Gasteiger partial charge in [0.25, 0.3) is 0 Å². The lowest BCUT2D eigenvalue weighted by Gasteiger charge is -2.43. The van der Waals surface area contributed by atoms with E-state index in [-0.39, 0.29) is 30.0 Å². The standard InChI is InChI=1S/C23H23NO6/c1-12(25)30-23-19-15(9-14(26)10-17(19)28-2)22(27)20-18(29-3)11-16(24-21(20)23)13-7-5-4-6-8-13/h4-8,11,15,17,19,23H,9-10H2,1-3H3/t15-,17+,19-,23+/m1/s1. The Morgan fingerprint density at radius 3 is 2.47 bits per heavy atom. The zero-order valence-corrected chi connectivity index (χ0v) is 17.1. The van der Waals surface area contributed by atoms with Crippen LogP contribution in [-0.4, -0.2) is 42.8 Å². The molecule has 4 atom stereocenters. The Morgan fingerprint density at radius 2 is 1.83 bits per heavy atom. The normalized spacial score (nSPS) is 25.3. The van der Waals surface area contributed by atoms with Crippen LogP contribution in [0.4, 0.5) is 0 Å². The molecule has 0 aliphatic heterocycles. The van der Waals surface area contributed by atoms with Crippen molar-refractivity contribution in [1.29, 1.82) is 0 Å². The largest absolute Gasteiger partial charge is 0.496 e. The van der Waals surface area contributed by atoms with Crippen LogP contribution in [0.2, 0.25) is 0 Å². The smallest absolute Gasteiger partial charge is 0.303 e. The second-order valence-electron chi connectivity index (χ2n) is 7.64. The Balaban J connectivity index is 1.94. The lowest BCUT2D eigenvalue weighted by molar-refractivity contribution is -0.159. The molecule has 2 aliphatic carbocycles. The highest BCUT2D eigenvalue weighted by atomic mass is 16.5. The van der Waals surface area contributed by atoms with E-state index in [2.05, 4.69) is 0 Å². The first-order chi connectivity index (χ1) is 14.4. The average molecular weight is 409 g/mol. The highest BCUT2D eigenvalue weighted by Gasteiger charge is 2.53. The van der Waals surface area contributed by atoms with E-state index in [4.69, 9.17) is 19.2 Å². The second-order valence-corrected chi connectivity index (χ2v) is 7.64. The van der Waals surface area contributed by atoms with Gasteiger partial charge in [-0.05, 0) is 0 Å². The van der Waals surface area contributed by atoms with E-state index in [0.29, 0.717) is 17.1 Å². The number of fused-ring (bicyclic) bond motifs is 2. The van der Waals surface area contributed by atoms with Crippen LogP contribution in [0.5, 0.6) is 5.75 Å². The van der Waals surface area contributed by atoms with Crippen LogP contribution in [-0.2, 0) is 19.1 Å². The van der Waals surface area contributed by atoms with E-state index < -0.39 is 30.0 Å². The summed E-state index contributed by atoms with van der Waals surface area (Å²) in [5, 5.41) is 0. The van der Waals surface area contributed by atoms with Crippen LogP contribution in [0.1, 0.15) is 41.9 Å². The summed E-state index contributed by atoms with van der Waals surface area (Å²) < 4.78 is 16.8. The number of methoxy groups -OCH3 is 2. The number of ether oxygens (including phenoxy) is 3. The number of pyridine rings is 1. The fourth-order valence-electron chi connectivity index (χ4n) is 4.59. The molecule has 1 heterocycles. The predicted octanol–water partition coefficient (Wildman–Crippen LogP) is 3.17. The van der Waals surface area contributed by atoms with Gasteiger partial charge in [-0.15, -0.1) is 0 Å². The predicted molar refractivity (Wildman–Crippen MR) is 107 cm³/mol. The SMILES string of the molecule is COc1cc(-c2ccccc2)nc2c1C(=O)[C@@H]1CC(=O)C[C@H](OC)[C@@H]1[C@@H]2OC(C)=O. The molecule has 0 saturated heterocycles. The molecule has 0 amide bonds. The van der Waals surface area contributed by atoms with Crippen molar-refractivity contribution in [3.63, 3.8) is 0 Å². The van der Waals surface area contributed by atoms with Gasteiger partial charge in [-0.25, -0.2) is 4.98 Å². The van der Waals surface area contributed by atoms with Crippen molar-refractivity contribution in [3.8, 4) is 17.0 Å². The van der Waals surface area contributed by atoms with Crippen molar-refractivity contribution in [2.24, 2.45) is 11.8 Å². The number of carbonyl (C=O) groups is 3. The van der Waals surface area contributed by atoms with Gasteiger partial charge in [0.2, 0.25) is 0 Å². The van der Waals surface area contributed by atoms with Crippen molar-refractivity contribution in [1.82, 2.24) is 4.98 Å². The molecular weight excluding hydrogens is 386 g/mol. The van der Waals surface area contributed by atoms with Crippen molar-refractivity contribution < 1.29 is 28.6 Å². The second kappa shape index (κ2) is 7.99. The van der Waals surface area contributed by atoms with Gasteiger partial charge in [-0.1, -0.05) is 30.3 Å². The number of rotatable bonds is 4. The monoisotopic (exact) mass is 409 g/mol. The first-order valence-electron chi connectivity index (χ1n) is 9.84. The fourth-order valence-corrected chi connectivity index (χ4v) is 4.59. The Labute approximate surface area is 174 Å². The first kappa shape index (κ1) is 20.2. The van der Waals surface area contributed by atoms with Crippen molar-refractivity contribution in [2.75, 3.05) is 14.2 Å². The number of esters is 1. The van der Waals surface area contributed by atoms with Crippen LogP contribution in [0, 0.1) is 11.8 Å². The van der Waals surface area contributed by atoms with Gasteiger partial charge in [0, 0.05) is 50.3 Å². The van der Waals surface area contributed by atoms with Crippen LogP contribution < -0.4 is 4.74 Å². The fraction of sp³-hybridized carbons (Fsp3) is 0.391. The van der Waals surface area contributed by atoms with Gasteiger partial charge >= 0.3 is 5.97 Å². The van der Waals surface area contributed by atoms with Crippen molar-refractivity contribution >= 4 is 17.5 Å². The summed E-state index contributed by atoms with van der Waals surface area (Å²) in [6.45, 7) is 1.32. The van der Waals surface area contributed by atoms with E-state index in [0.717, 1.165) is 5.56 Å². The Morgan fingerprint density at radius 1 is 1.10 bits per heavy atom. The Hall–Kier alpha value is -3.06. The zero-order chi connectivity index (χ0) is 21.4. The summed E-state index contributed by atoms with van der Waals surface area (Å²) in [5.41, 5.74) is 2.08. The van der Waals surface area contributed by atoms with Crippen molar-refractivity contribution in [3.05, 3.63) is 47.7 Å². The molecule has 0 bridgehead atoms. The third-order valence-corrected chi connectivity index (χ3v) is 5.87. The van der Waals surface area contributed by atoms with Gasteiger partial charge in [0.1, 0.15) is 11.5 Å². The van der Waals surface area contributed by atoms with Gasteiger partial charge in [-0.3, -0.25) is 14.4 Å². The summed E-state index contributed by atoms with van der Waals surface area (Å²) in [6.07, 6.45) is -1.08. The summed E-state index contributed by atoms with van der Waals surface area (Å²) in [6, 6.07) is 11.2. The molecule has 2 aromatic rings. The van der Waals surface area contributed by atoms with Gasteiger partial charge in [0.15, 0.2) is 11.9 Å². The molecule has 7 heteroatoms. The number of ketones is 2. The molecule has 0 spiro atoms. The van der Waals surface area contributed by atoms with Crippen LogP contribution >= 0.6 is 0 Å². The quantitative estimate of drug-likeness (QED) is 0.716. The summed E-state index contributed by atoms with van der Waals surface area (Å²) in [7, 11) is 2.98. The van der Waals surface area contributed by atoms with Gasteiger partial charge in [-0.2, -0.15) is 0 Å². The van der Waals surface area contributed by atoms with Crippen molar-refractivity contribution in [2.45, 2.75) is 32.0 Å². The molecule has 0 unspecified atom stereocenters. The molecule has 0 N–H and O–H groups in total. The minimum atomic E-state index is -0.809. The third kappa shape index (κ3) is 3.39. The molecule has 7 nitrogen and oxygen atoms in total. The third-order valence-electron chi connectivity index (χ3n) is 5.87. The molecule has 1 aromatic carbocycles. The van der Waals surface area contributed by atoms with E-state index in [1.165, 1.54) is 21.1 Å². The molecule has 30 heavy (non-hydrogen) atoms. The number of hydrogen-bond donors (Lipinski definition) is 0. The number of carbonyl (C=O) groups excluding carboxylic acids is 3. The minimum Gasteiger partial charge on any atom is -0.496 e. The molecule has 1 aromatic heterocycles. The lowest BCUT2D eigenvalue weighted by atomic mass is 9.65. The number of nitrogens with zero attached hydrogens (tertiary/aromatic N) is 1. The topological polar surface area (TPSA) is 91.8 Å². The van der Waals surface area contributed by atoms with Crippen LogP contribution in [0.15, 0.2) is 36.4 Å². The number of aromatic nitrogens is 1. The molecular formula is C23H23NO6. The number of benzene rings is 1. The Kier molecular flexibility index (Phi) is 5.39. The number of Topliss-reactive ketones (excluding diaryl/α,β-unsaturated/α-hetero) is 2.